The molecule has 0 aliphatic rings. The maximum Gasteiger partial charge on any atom is 0.176 e. The number of carbonyl (C=O) groups excluding carboxylic acids is 1. The van der Waals surface area contributed by atoms with Crippen LogP contribution in [0.15, 0.2) is 24.3 Å². The van der Waals surface area contributed by atoms with Crippen LogP contribution in [0.2, 0.25) is 5.02 Å². The van der Waals surface area contributed by atoms with E-state index in [9.17, 15) is 4.79 Å². The van der Waals surface area contributed by atoms with Crippen LogP contribution in [0, 0.1) is 0 Å². The van der Waals surface area contributed by atoms with Gasteiger partial charge in [0.25, 0.3) is 0 Å². The Hall–Kier alpha value is -0.510. The van der Waals surface area contributed by atoms with Gasteiger partial charge >= 0.3 is 0 Å². The molecule has 0 heterocycles. The van der Waals surface area contributed by atoms with Crippen molar-refractivity contribution in [3.05, 3.63) is 34.9 Å². The van der Waals surface area contributed by atoms with Crippen molar-refractivity contribution in [3.8, 4) is 0 Å². The third-order valence-corrected chi connectivity index (χ3v) is 3.06. The fraction of sp³-hybridized carbons (Fsp3) is 0.417. The summed E-state index contributed by atoms with van der Waals surface area (Å²) in [6.07, 6.45) is 2.06. The second-order valence-corrected chi connectivity index (χ2v) is 5.09. The van der Waals surface area contributed by atoms with E-state index in [0.29, 0.717) is 17.1 Å². The first-order valence-corrected chi connectivity index (χ1v) is 6.87. The summed E-state index contributed by atoms with van der Waals surface area (Å²) in [5, 5.41) is 0.609. The van der Waals surface area contributed by atoms with Crippen LogP contribution >= 0.6 is 23.4 Å². The van der Waals surface area contributed by atoms with Gasteiger partial charge in [0.2, 0.25) is 0 Å². The molecule has 1 aromatic carbocycles. The van der Waals surface area contributed by atoms with E-state index in [4.69, 9.17) is 11.6 Å². The molecule has 0 amide bonds. The molecule has 0 fully saturated rings. The van der Waals surface area contributed by atoms with Gasteiger partial charge in [-0.1, -0.05) is 23.7 Å². The molecule has 0 radical (unpaired) electrons. The molecule has 0 saturated carbocycles. The quantitative estimate of drug-likeness (QED) is 0.731. The molecule has 0 N–H and O–H groups in total. The summed E-state index contributed by atoms with van der Waals surface area (Å²) in [6, 6.07) is 7.09. The summed E-state index contributed by atoms with van der Waals surface area (Å²) in [4.78, 5) is 13.9. The van der Waals surface area contributed by atoms with Gasteiger partial charge in [-0.15, -0.1) is 0 Å². The number of rotatable bonds is 6. The molecule has 0 aliphatic carbocycles. The van der Waals surface area contributed by atoms with Crippen LogP contribution in [0.25, 0.3) is 0 Å². The smallest absolute Gasteiger partial charge is 0.176 e. The number of likely N-dealkylation sites (N-methyl/N-ethyl adjacent to an activating group) is 1. The molecule has 0 bridgehead atoms. The minimum Gasteiger partial charge on any atom is -0.298 e. The van der Waals surface area contributed by atoms with Crippen molar-refractivity contribution in [2.24, 2.45) is 0 Å². The molecule has 0 aromatic heterocycles. The lowest BCUT2D eigenvalue weighted by molar-refractivity contribution is 0.0949. The van der Waals surface area contributed by atoms with Crippen molar-refractivity contribution in [1.29, 1.82) is 0 Å². The number of halogens is 1. The Balaban J connectivity index is 2.52. The lowest BCUT2D eigenvalue weighted by Crippen LogP contribution is -2.28. The molecule has 2 nitrogen and oxygen atoms in total. The summed E-state index contributed by atoms with van der Waals surface area (Å²) in [7, 11) is 1.96. The number of ketones is 1. The zero-order valence-corrected chi connectivity index (χ0v) is 11.1. The van der Waals surface area contributed by atoms with Crippen LogP contribution in [0.5, 0.6) is 0 Å². The zero-order valence-electron chi connectivity index (χ0n) is 9.57. The Labute approximate surface area is 106 Å². The van der Waals surface area contributed by atoms with Crippen molar-refractivity contribution in [1.82, 2.24) is 4.90 Å². The number of carbonyl (C=O) groups is 1. The van der Waals surface area contributed by atoms with E-state index >= 15 is 0 Å². The number of Topliss-reactive ketones (excluding diaryl/α,β-unsaturated/α-hetero) is 1. The van der Waals surface area contributed by atoms with Crippen molar-refractivity contribution in [2.75, 3.05) is 32.1 Å². The normalized spacial score (nSPS) is 10.8. The highest BCUT2D eigenvalue weighted by Crippen LogP contribution is 2.11. The third kappa shape index (κ3) is 4.56. The lowest BCUT2D eigenvalue weighted by Gasteiger charge is -2.14. The van der Waals surface area contributed by atoms with Gasteiger partial charge in [0, 0.05) is 22.9 Å². The number of benzene rings is 1. The van der Waals surface area contributed by atoms with Crippen molar-refractivity contribution in [3.63, 3.8) is 0 Å². The Morgan fingerprint density at radius 1 is 1.50 bits per heavy atom. The minimum atomic E-state index is 0.117. The van der Waals surface area contributed by atoms with E-state index in [0.717, 1.165) is 12.3 Å². The zero-order chi connectivity index (χ0) is 12.0. The topological polar surface area (TPSA) is 20.3 Å². The van der Waals surface area contributed by atoms with Crippen molar-refractivity contribution in [2.45, 2.75) is 0 Å². The molecular weight excluding hydrogens is 242 g/mol. The third-order valence-electron chi connectivity index (χ3n) is 2.24. The van der Waals surface area contributed by atoms with Gasteiger partial charge < -0.3 is 0 Å². The van der Waals surface area contributed by atoms with Crippen LogP contribution in [0.3, 0.4) is 0 Å². The monoisotopic (exact) mass is 257 g/mol. The maximum atomic E-state index is 11.9. The summed E-state index contributed by atoms with van der Waals surface area (Å²) < 4.78 is 0. The molecule has 1 aromatic rings. The predicted octanol–water partition coefficient (Wildman–Crippen LogP) is 2.82. The van der Waals surface area contributed by atoms with Gasteiger partial charge in [0.05, 0.1) is 6.54 Å². The highest BCUT2D eigenvalue weighted by molar-refractivity contribution is 7.98. The van der Waals surface area contributed by atoms with E-state index < -0.39 is 0 Å². The summed E-state index contributed by atoms with van der Waals surface area (Å²) in [5.41, 5.74) is 0.684. The molecule has 0 spiro atoms. The first kappa shape index (κ1) is 13.6. The van der Waals surface area contributed by atoms with Crippen LogP contribution in [-0.2, 0) is 0 Å². The van der Waals surface area contributed by atoms with E-state index in [1.807, 2.05) is 11.9 Å². The number of nitrogens with zero attached hydrogens (tertiary/aromatic N) is 1. The largest absolute Gasteiger partial charge is 0.298 e. The second-order valence-electron chi connectivity index (χ2n) is 3.66. The average Bonchev–Trinajstić information content (AvgIpc) is 2.26. The van der Waals surface area contributed by atoms with Crippen LogP contribution in [0.4, 0.5) is 0 Å². The Kier molecular flexibility index (Phi) is 5.88. The van der Waals surface area contributed by atoms with Crippen molar-refractivity contribution < 1.29 is 4.79 Å². The van der Waals surface area contributed by atoms with E-state index in [-0.39, 0.29) is 5.78 Å². The molecule has 0 aliphatic heterocycles. The summed E-state index contributed by atoms with van der Waals surface area (Å²) in [6.45, 7) is 1.37. The standard InChI is InChI=1S/C12H16ClNOS/c1-14(6-7-16-2)9-12(15)10-4-3-5-11(13)8-10/h3-5,8H,6-7,9H2,1-2H3. The maximum absolute atomic E-state index is 11.9. The summed E-state index contributed by atoms with van der Waals surface area (Å²) >= 11 is 7.62. The van der Waals surface area contributed by atoms with Gasteiger partial charge in [-0.25, -0.2) is 0 Å². The lowest BCUT2D eigenvalue weighted by atomic mass is 10.1. The highest BCUT2D eigenvalue weighted by atomic mass is 35.5. The number of hydrogen-bond acceptors (Lipinski definition) is 3. The summed E-state index contributed by atoms with van der Waals surface area (Å²) in [5.74, 6) is 1.16. The first-order chi connectivity index (χ1) is 7.63. The predicted molar refractivity (Wildman–Crippen MR) is 71.7 cm³/mol. The van der Waals surface area contributed by atoms with Crippen LogP contribution < -0.4 is 0 Å². The fourth-order valence-corrected chi connectivity index (χ4v) is 2.01. The van der Waals surface area contributed by atoms with Crippen LogP contribution in [-0.4, -0.2) is 42.8 Å². The minimum absolute atomic E-state index is 0.117. The Morgan fingerprint density at radius 3 is 2.88 bits per heavy atom. The van der Waals surface area contributed by atoms with Gasteiger partial charge in [-0.05, 0) is 25.4 Å². The van der Waals surface area contributed by atoms with Gasteiger partial charge in [-0.2, -0.15) is 11.8 Å². The molecule has 0 atom stereocenters. The molecule has 16 heavy (non-hydrogen) atoms. The fourth-order valence-electron chi connectivity index (χ4n) is 1.32. The number of hydrogen-bond donors (Lipinski definition) is 0. The molecule has 1 rings (SSSR count). The molecule has 0 unspecified atom stereocenters. The van der Waals surface area contributed by atoms with E-state index in [1.54, 1.807) is 36.0 Å². The van der Waals surface area contributed by atoms with Crippen molar-refractivity contribution >= 4 is 29.1 Å². The van der Waals surface area contributed by atoms with E-state index in [2.05, 4.69) is 6.26 Å². The van der Waals surface area contributed by atoms with Gasteiger partial charge in [-0.3, -0.25) is 9.69 Å². The molecule has 0 saturated heterocycles. The second kappa shape index (κ2) is 6.94. The molecule has 4 heteroatoms. The number of thioether (sulfide) groups is 1. The van der Waals surface area contributed by atoms with Gasteiger partial charge in [0.1, 0.15) is 0 Å². The Morgan fingerprint density at radius 2 is 2.25 bits per heavy atom. The molecule has 88 valence electrons. The Bertz CT molecular complexity index is 357. The average molecular weight is 258 g/mol. The molecular formula is C12H16ClNOS. The van der Waals surface area contributed by atoms with Crippen LogP contribution in [0.1, 0.15) is 10.4 Å². The SMILES string of the molecule is CSCCN(C)CC(=O)c1cccc(Cl)c1. The highest BCUT2D eigenvalue weighted by Gasteiger charge is 2.09. The first-order valence-electron chi connectivity index (χ1n) is 5.09. The van der Waals surface area contributed by atoms with Gasteiger partial charge in [0.15, 0.2) is 5.78 Å². The van der Waals surface area contributed by atoms with E-state index in [1.165, 1.54) is 0 Å².